The number of hydrogen-bond acceptors (Lipinski definition) is 3. The van der Waals surface area contributed by atoms with E-state index in [2.05, 4.69) is 16.0 Å². The quantitative estimate of drug-likeness (QED) is 0.734. The van der Waals surface area contributed by atoms with Gasteiger partial charge in [0.25, 0.3) is 0 Å². The fourth-order valence-corrected chi connectivity index (χ4v) is 4.36. The molecule has 6 nitrogen and oxygen atoms in total. The van der Waals surface area contributed by atoms with Gasteiger partial charge in [-0.2, -0.15) is 0 Å². The van der Waals surface area contributed by atoms with Crippen LogP contribution >= 0.6 is 12.4 Å². The first kappa shape index (κ1) is 19.9. The van der Waals surface area contributed by atoms with Gasteiger partial charge in [0.2, 0.25) is 5.91 Å². The van der Waals surface area contributed by atoms with Crippen molar-refractivity contribution in [2.24, 2.45) is 11.3 Å². The normalized spacial score (nSPS) is 25.6. The Hall–Kier alpha value is -1.86. The standard InChI is InChI=1S/C19H25FN4O2.ClH/c20-13-1-3-14(4-2-13)22-18(26)23-15-5-10-24(12-15)17(25)16-11-19(16)6-8-21-9-7-19;/h1-4,15-16,21H,5-12H2,(H2,22,23,26);1H. The maximum absolute atomic E-state index is 12.9. The lowest BCUT2D eigenvalue weighted by Gasteiger charge is -2.25. The van der Waals surface area contributed by atoms with E-state index in [0.717, 1.165) is 38.8 Å². The first-order valence-electron chi connectivity index (χ1n) is 9.38. The van der Waals surface area contributed by atoms with Crippen LogP contribution in [0.3, 0.4) is 0 Å². The fraction of sp³-hybridized carbons (Fsp3) is 0.579. The summed E-state index contributed by atoms with van der Waals surface area (Å²) in [6.45, 7) is 3.29. The zero-order chi connectivity index (χ0) is 18.1. The molecule has 1 aromatic carbocycles. The number of urea groups is 1. The zero-order valence-electron chi connectivity index (χ0n) is 15.2. The maximum Gasteiger partial charge on any atom is 0.319 e. The van der Waals surface area contributed by atoms with E-state index < -0.39 is 0 Å². The van der Waals surface area contributed by atoms with Crippen molar-refractivity contribution in [3.8, 4) is 0 Å². The summed E-state index contributed by atoms with van der Waals surface area (Å²) in [5.74, 6) is 0.0963. The molecule has 3 fully saturated rings. The Morgan fingerprint density at radius 1 is 1.19 bits per heavy atom. The van der Waals surface area contributed by atoms with Crippen LogP contribution in [0.25, 0.3) is 0 Å². The van der Waals surface area contributed by atoms with Crippen molar-refractivity contribution in [2.45, 2.75) is 31.7 Å². The molecule has 3 N–H and O–H groups in total. The van der Waals surface area contributed by atoms with Crippen molar-refractivity contribution >= 4 is 30.0 Å². The maximum atomic E-state index is 12.9. The van der Waals surface area contributed by atoms with Crippen molar-refractivity contribution in [3.05, 3.63) is 30.1 Å². The number of nitrogens with one attached hydrogen (secondary N) is 3. The molecule has 0 bridgehead atoms. The van der Waals surface area contributed by atoms with Gasteiger partial charge in [-0.3, -0.25) is 4.79 Å². The molecular weight excluding hydrogens is 371 g/mol. The lowest BCUT2D eigenvalue weighted by molar-refractivity contribution is -0.132. The Balaban J connectivity index is 0.00000210. The van der Waals surface area contributed by atoms with Crippen LogP contribution in [0.4, 0.5) is 14.9 Å². The molecular formula is C19H26ClFN4O2. The topological polar surface area (TPSA) is 73.5 Å². The van der Waals surface area contributed by atoms with Crippen LogP contribution in [0.15, 0.2) is 24.3 Å². The molecule has 3 amide bonds. The second-order valence-corrected chi connectivity index (χ2v) is 7.74. The van der Waals surface area contributed by atoms with Crippen molar-refractivity contribution in [2.75, 3.05) is 31.5 Å². The number of hydrogen-bond donors (Lipinski definition) is 3. The summed E-state index contributed by atoms with van der Waals surface area (Å²) in [5, 5.41) is 8.97. The molecule has 3 aliphatic rings. The van der Waals surface area contributed by atoms with E-state index in [1.54, 1.807) is 0 Å². The van der Waals surface area contributed by atoms with Gasteiger partial charge in [-0.25, -0.2) is 9.18 Å². The number of nitrogens with zero attached hydrogens (tertiary/aromatic N) is 1. The molecule has 1 saturated carbocycles. The number of carbonyl (C=O) groups excluding carboxylic acids is 2. The Bertz CT molecular complexity index is 693. The number of benzene rings is 1. The summed E-state index contributed by atoms with van der Waals surface area (Å²) in [6.07, 6.45) is 3.98. The lowest BCUT2D eigenvalue weighted by Crippen LogP contribution is -2.41. The summed E-state index contributed by atoms with van der Waals surface area (Å²) < 4.78 is 12.9. The third kappa shape index (κ3) is 4.35. The van der Waals surface area contributed by atoms with Crippen molar-refractivity contribution in [1.82, 2.24) is 15.5 Å². The molecule has 27 heavy (non-hydrogen) atoms. The molecule has 2 aliphatic heterocycles. The van der Waals surface area contributed by atoms with E-state index in [1.165, 1.54) is 24.3 Å². The third-order valence-corrected chi connectivity index (χ3v) is 6.02. The summed E-state index contributed by atoms with van der Waals surface area (Å²) in [7, 11) is 0. The number of halogens is 2. The average molecular weight is 397 g/mol. The van der Waals surface area contributed by atoms with Crippen LogP contribution in [-0.2, 0) is 4.79 Å². The summed E-state index contributed by atoms with van der Waals surface area (Å²) >= 11 is 0. The van der Waals surface area contributed by atoms with E-state index in [0.29, 0.717) is 18.8 Å². The first-order chi connectivity index (χ1) is 12.6. The van der Waals surface area contributed by atoms with Gasteiger partial charge < -0.3 is 20.9 Å². The number of likely N-dealkylation sites (tertiary alicyclic amines) is 1. The highest BCUT2D eigenvalue weighted by Crippen LogP contribution is 2.59. The van der Waals surface area contributed by atoms with E-state index in [4.69, 9.17) is 0 Å². The van der Waals surface area contributed by atoms with Gasteiger partial charge in [-0.1, -0.05) is 0 Å². The minimum absolute atomic E-state index is 0. The van der Waals surface area contributed by atoms with Crippen molar-refractivity contribution < 1.29 is 14.0 Å². The van der Waals surface area contributed by atoms with Gasteiger partial charge in [0, 0.05) is 30.7 Å². The highest BCUT2D eigenvalue weighted by molar-refractivity contribution is 5.89. The summed E-state index contributed by atoms with van der Waals surface area (Å²) in [4.78, 5) is 26.8. The van der Waals surface area contributed by atoms with E-state index in [-0.39, 0.29) is 47.5 Å². The molecule has 0 aromatic heterocycles. The van der Waals surface area contributed by atoms with Gasteiger partial charge in [0.1, 0.15) is 5.82 Å². The van der Waals surface area contributed by atoms with Crippen molar-refractivity contribution in [3.63, 3.8) is 0 Å². The number of amides is 3. The summed E-state index contributed by atoms with van der Waals surface area (Å²) in [6, 6.07) is 5.28. The molecule has 2 heterocycles. The molecule has 2 atom stereocenters. The van der Waals surface area contributed by atoms with Crippen LogP contribution in [0.2, 0.25) is 0 Å². The Labute approximate surface area is 164 Å². The molecule has 1 aliphatic carbocycles. The Kier molecular flexibility index (Phi) is 5.91. The minimum Gasteiger partial charge on any atom is -0.340 e. The van der Waals surface area contributed by atoms with Gasteiger partial charge in [-0.05, 0) is 68.5 Å². The Morgan fingerprint density at radius 3 is 2.59 bits per heavy atom. The van der Waals surface area contributed by atoms with Crippen LogP contribution in [-0.4, -0.2) is 49.1 Å². The van der Waals surface area contributed by atoms with Gasteiger partial charge >= 0.3 is 6.03 Å². The molecule has 2 saturated heterocycles. The second kappa shape index (κ2) is 8.02. The molecule has 1 spiro atoms. The summed E-state index contributed by atoms with van der Waals surface area (Å²) in [5.41, 5.74) is 0.786. The highest BCUT2D eigenvalue weighted by Gasteiger charge is 2.58. The highest BCUT2D eigenvalue weighted by atomic mass is 35.5. The zero-order valence-corrected chi connectivity index (χ0v) is 16.0. The molecule has 148 valence electrons. The van der Waals surface area contributed by atoms with Crippen molar-refractivity contribution in [1.29, 1.82) is 0 Å². The fourth-order valence-electron chi connectivity index (χ4n) is 4.36. The monoisotopic (exact) mass is 396 g/mol. The minimum atomic E-state index is -0.340. The molecule has 1 aromatic rings. The molecule has 8 heteroatoms. The number of carbonyl (C=O) groups is 2. The van der Waals surface area contributed by atoms with Gasteiger partial charge in [0.15, 0.2) is 0 Å². The number of anilines is 1. The smallest absolute Gasteiger partial charge is 0.319 e. The largest absolute Gasteiger partial charge is 0.340 e. The lowest BCUT2D eigenvalue weighted by atomic mass is 9.91. The van der Waals surface area contributed by atoms with E-state index in [1.807, 2.05) is 4.90 Å². The average Bonchev–Trinajstić information content (AvgIpc) is 3.11. The molecule has 0 radical (unpaired) electrons. The second-order valence-electron chi connectivity index (χ2n) is 7.74. The number of rotatable bonds is 3. The molecule has 4 rings (SSSR count). The molecule has 2 unspecified atom stereocenters. The third-order valence-electron chi connectivity index (χ3n) is 6.02. The predicted molar refractivity (Wildman–Crippen MR) is 103 cm³/mol. The van der Waals surface area contributed by atoms with E-state index in [9.17, 15) is 14.0 Å². The first-order valence-corrected chi connectivity index (χ1v) is 9.38. The van der Waals surface area contributed by atoms with E-state index >= 15 is 0 Å². The van der Waals surface area contributed by atoms with Gasteiger partial charge in [0.05, 0.1) is 0 Å². The predicted octanol–water partition coefficient (Wildman–Crippen LogP) is 2.36. The number of piperidine rings is 1. The van der Waals surface area contributed by atoms with Crippen LogP contribution in [0, 0.1) is 17.2 Å². The SMILES string of the molecule is Cl.O=C(Nc1ccc(F)cc1)NC1CCN(C(=O)C2CC23CCNCC3)C1. The Morgan fingerprint density at radius 2 is 1.89 bits per heavy atom. The van der Waals surface area contributed by atoms with Gasteiger partial charge in [-0.15, -0.1) is 12.4 Å². The van der Waals surface area contributed by atoms with Crippen LogP contribution in [0.1, 0.15) is 25.7 Å². The van der Waals surface area contributed by atoms with Crippen LogP contribution in [0.5, 0.6) is 0 Å². The van der Waals surface area contributed by atoms with Crippen LogP contribution < -0.4 is 16.0 Å².